The molecule has 0 aliphatic carbocycles. The molecule has 1 aliphatic heterocycles. The maximum absolute atomic E-state index is 5.97. The van der Waals surface area contributed by atoms with Crippen LogP contribution in [-0.2, 0) is 0 Å². The van der Waals surface area contributed by atoms with Crippen LogP contribution in [0.3, 0.4) is 0 Å². The van der Waals surface area contributed by atoms with Crippen molar-refractivity contribution in [3.63, 3.8) is 0 Å². The van der Waals surface area contributed by atoms with Crippen LogP contribution in [0.25, 0.3) is 0 Å². The van der Waals surface area contributed by atoms with Crippen molar-refractivity contribution < 1.29 is 4.74 Å². The SMILES string of the molecule is CCCNC1c2ccccc2OCC1SC(C)C(C)C. The lowest BCUT2D eigenvalue weighted by Gasteiger charge is -2.36. The van der Waals surface area contributed by atoms with E-state index in [1.54, 1.807) is 0 Å². The summed E-state index contributed by atoms with van der Waals surface area (Å²) in [7, 11) is 0. The topological polar surface area (TPSA) is 21.3 Å². The lowest BCUT2D eigenvalue weighted by atomic mass is 10.00. The molecule has 0 aromatic heterocycles. The van der Waals surface area contributed by atoms with Crippen molar-refractivity contribution in [1.29, 1.82) is 0 Å². The number of benzene rings is 1. The summed E-state index contributed by atoms with van der Waals surface area (Å²) in [6, 6.07) is 8.87. The van der Waals surface area contributed by atoms with Gasteiger partial charge in [-0.15, -0.1) is 11.8 Å². The molecule has 0 bridgehead atoms. The average Bonchev–Trinajstić information content (AvgIpc) is 2.45. The molecule has 1 heterocycles. The van der Waals surface area contributed by atoms with Crippen LogP contribution >= 0.6 is 11.8 Å². The molecule has 3 atom stereocenters. The van der Waals surface area contributed by atoms with Crippen molar-refractivity contribution >= 4 is 11.8 Å². The molecule has 0 amide bonds. The van der Waals surface area contributed by atoms with Crippen LogP contribution in [0.1, 0.15) is 45.7 Å². The first-order valence-corrected chi connectivity index (χ1v) is 8.68. The van der Waals surface area contributed by atoms with E-state index in [1.807, 2.05) is 0 Å². The highest BCUT2D eigenvalue weighted by molar-refractivity contribution is 8.00. The molecule has 0 spiro atoms. The second kappa shape index (κ2) is 7.37. The first-order chi connectivity index (χ1) is 9.63. The summed E-state index contributed by atoms with van der Waals surface area (Å²) in [6.45, 7) is 11.0. The first kappa shape index (κ1) is 15.7. The fourth-order valence-corrected chi connectivity index (χ4v) is 3.84. The molecule has 2 rings (SSSR count). The zero-order valence-corrected chi connectivity index (χ0v) is 13.9. The van der Waals surface area contributed by atoms with Crippen LogP contribution in [0.4, 0.5) is 0 Å². The quantitative estimate of drug-likeness (QED) is 0.846. The summed E-state index contributed by atoms with van der Waals surface area (Å²) in [5.74, 6) is 1.75. The van der Waals surface area contributed by atoms with Gasteiger partial charge in [-0.05, 0) is 24.9 Å². The number of para-hydroxylation sites is 1. The van der Waals surface area contributed by atoms with Gasteiger partial charge in [0.1, 0.15) is 12.4 Å². The van der Waals surface area contributed by atoms with Crippen molar-refractivity contribution in [2.45, 2.75) is 50.7 Å². The Balaban J connectivity index is 2.15. The highest BCUT2D eigenvalue weighted by atomic mass is 32.2. The van der Waals surface area contributed by atoms with Crippen LogP contribution in [0.5, 0.6) is 5.75 Å². The standard InChI is InChI=1S/C17H27NOS/c1-5-10-18-17-14-8-6-7-9-15(14)19-11-16(17)20-13(4)12(2)3/h6-9,12-13,16-18H,5,10-11H2,1-4H3. The molecule has 20 heavy (non-hydrogen) atoms. The number of rotatable bonds is 6. The molecule has 0 radical (unpaired) electrons. The van der Waals surface area contributed by atoms with E-state index in [-0.39, 0.29) is 0 Å². The molecule has 1 N–H and O–H groups in total. The Bertz CT molecular complexity index is 421. The highest BCUT2D eigenvalue weighted by Crippen LogP contribution is 2.39. The van der Waals surface area contributed by atoms with E-state index in [1.165, 1.54) is 5.56 Å². The Kier molecular flexibility index (Phi) is 5.79. The summed E-state index contributed by atoms with van der Waals surface area (Å²) in [6.07, 6.45) is 1.16. The van der Waals surface area contributed by atoms with Gasteiger partial charge < -0.3 is 10.1 Å². The van der Waals surface area contributed by atoms with Crippen LogP contribution in [0.2, 0.25) is 0 Å². The summed E-state index contributed by atoms with van der Waals surface area (Å²) in [5.41, 5.74) is 1.32. The summed E-state index contributed by atoms with van der Waals surface area (Å²) >= 11 is 2.06. The van der Waals surface area contributed by atoms with Crippen molar-refractivity contribution in [3.05, 3.63) is 29.8 Å². The summed E-state index contributed by atoms with van der Waals surface area (Å²) in [4.78, 5) is 0. The maximum atomic E-state index is 5.97. The van der Waals surface area contributed by atoms with Crippen molar-refractivity contribution in [2.24, 2.45) is 5.92 Å². The van der Waals surface area contributed by atoms with Gasteiger partial charge in [0.05, 0.1) is 11.3 Å². The van der Waals surface area contributed by atoms with E-state index in [4.69, 9.17) is 4.74 Å². The minimum Gasteiger partial charge on any atom is -0.492 e. The second-order valence-corrected chi connectivity index (χ2v) is 7.53. The number of ether oxygens (including phenoxy) is 1. The summed E-state index contributed by atoms with van der Waals surface area (Å²) in [5, 5.41) is 4.87. The van der Waals surface area contributed by atoms with Crippen molar-refractivity contribution in [3.8, 4) is 5.75 Å². The predicted octanol–water partition coefficient (Wildman–Crippen LogP) is 4.27. The fraction of sp³-hybridized carbons (Fsp3) is 0.647. The third-order valence-corrected chi connectivity index (χ3v) is 5.70. The molecule has 3 heteroatoms. The normalized spacial score (nSPS) is 23.2. The van der Waals surface area contributed by atoms with Gasteiger partial charge >= 0.3 is 0 Å². The molecule has 1 aromatic carbocycles. The minimum absolute atomic E-state index is 0.408. The molecular weight excluding hydrogens is 266 g/mol. The van der Waals surface area contributed by atoms with Crippen LogP contribution in [0, 0.1) is 5.92 Å². The molecule has 0 fully saturated rings. The van der Waals surface area contributed by atoms with E-state index in [9.17, 15) is 0 Å². The highest BCUT2D eigenvalue weighted by Gasteiger charge is 2.32. The number of fused-ring (bicyclic) bond motifs is 1. The fourth-order valence-electron chi connectivity index (χ4n) is 2.43. The van der Waals surface area contributed by atoms with E-state index in [0.717, 1.165) is 25.3 Å². The van der Waals surface area contributed by atoms with Gasteiger partial charge in [0.2, 0.25) is 0 Å². The van der Waals surface area contributed by atoms with E-state index in [0.29, 0.717) is 22.5 Å². The van der Waals surface area contributed by atoms with Gasteiger partial charge in [-0.3, -0.25) is 0 Å². The second-order valence-electron chi connectivity index (χ2n) is 5.90. The molecule has 1 aliphatic rings. The molecular formula is C17H27NOS. The smallest absolute Gasteiger partial charge is 0.124 e. The van der Waals surface area contributed by atoms with Gasteiger partial charge in [-0.25, -0.2) is 0 Å². The van der Waals surface area contributed by atoms with E-state index in [2.05, 4.69) is 69.0 Å². The Labute approximate surface area is 127 Å². The largest absolute Gasteiger partial charge is 0.492 e. The van der Waals surface area contributed by atoms with Crippen molar-refractivity contribution in [1.82, 2.24) is 5.32 Å². The lowest BCUT2D eigenvalue weighted by Crippen LogP contribution is -2.39. The third-order valence-electron chi connectivity index (χ3n) is 3.97. The van der Waals surface area contributed by atoms with Gasteiger partial charge in [-0.1, -0.05) is 45.9 Å². The van der Waals surface area contributed by atoms with Crippen LogP contribution in [-0.4, -0.2) is 23.7 Å². The van der Waals surface area contributed by atoms with Gasteiger partial charge in [-0.2, -0.15) is 0 Å². The third kappa shape index (κ3) is 3.70. The van der Waals surface area contributed by atoms with Crippen molar-refractivity contribution in [2.75, 3.05) is 13.2 Å². The average molecular weight is 293 g/mol. The van der Waals surface area contributed by atoms with Crippen LogP contribution in [0.15, 0.2) is 24.3 Å². The molecule has 3 unspecified atom stereocenters. The van der Waals surface area contributed by atoms with Gasteiger partial charge in [0.15, 0.2) is 0 Å². The number of nitrogens with one attached hydrogen (secondary N) is 1. The predicted molar refractivity (Wildman–Crippen MR) is 88.7 cm³/mol. The van der Waals surface area contributed by atoms with Gasteiger partial charge in [0.25, 0.3) is 0 Å². The monoisotopic (exact) mass is 293 g/mol. The Morgan fingerprint density at radius 2 is 2.05 bits per heavy atom. The zero-order valence-electron chi connectivity index (χ0n) is 13.1. The van der Waals surface area contributed by atoms with Crippen LogP contribution < -0.4 is 10.1 Å². The van der Waals surface area contributed by atoms with Gasteiger partial charge in [0, 0.05) is 10.8 Å². The molecule has 0 saturated heterocycles. The Morgan fingerprint density at radius 3 is 2.75 bits per heavy atom. The number of hydrogen-bond donors (Lipinski definition) is 1. The lowest BCUT2D eigenvalue weighted by molar-refractivity contribution is 0.260. The molecule has 1 aromatic rings. The first-order valence-electron chi connectivity index (χ1n) is 7.74. The molecule has 2 nitrogen and oxygen atoms in total. The molecule has 112 valence electrons. The maximum Gasteiger partial charge on any atom is 0.124 e. The van der Waals surface area contributed by atoms with E-state index >= 15 is 0 Å². The Morgan fingerprint density at radius 1 is 1.30 bits per heavy atom. The minimum atomic E-state index is 0.408. The van der Waals surface area contributed by atoms with E-state index < -0.39 is 0 Å². The molecule has 0 saturated carbocycles. The Hall–Kier alpha value is -0.670. The zero-order chi connectivity index (χ0) is 14.5. The summed E-state index contributed by atoms with van der Waals surface area (Å²) < 4.78 is 5.97. The number of thioether (sulfide) groups is 1. The number of hydrogen-bond acceptors (Lipinski definition) is 3.